The molecule has 1 amide bonds. The van der Waals surface area contributed by atoms with Crippen molar-refractivity contribution in [3.05, 3.63) is 66.6 Å². The molecule has 2 aromatic carbocycles. The van der Waals surface area contributed by atoms with E-state index in [4.69, 9.17) is 4.74 Å². The molecule has 1 aromatic heterocycles. The highest BCUT2D eigenvalue weighted by Gasteiger charge is 2.05. The number of rotatable bonds is 6. The summed E-state index contributed by atoms with van der Waals surface area (Å²) in [7, 11) is 0. The molecule has 2 N–H and O–H groups in total. The molecule has 0 saturated carbocycles. The van der Waals surface area contributed by atoms with E-state index in [1.165, 1.54) is 0 Å². The van der Waals surface area contributed by atoms with Gasteiger partial charge in [0.05, 0.1) is 24.9 Å². The minimum atomic E-state index is -0.0731. The quantitative estimate of drug-likeness (QED) is 0.726. The summed E-state index contributed by atoms with van der Waals surface area (Å²) in [6, 6.07) is 17.1. The molecule has 0 bridgehead atoms. The Hall–Kier alpha value is -3.08. The Labute approximate surface area is 140 Å². The van der Waals surface area contributed by atoms with Crippen molar-refractivity contribution in [2.24, 2.45) is 0 Å². The minimum Gasteiger partial charge on any atom is -0.493 e. The highest BCUT2D eigenvalue weighted by molar-refractivity contribution is 5.91. The number of aromatic nitrogens is 2. The minimum absolute atomic E-state index is 0.0731. The maximum absolute atomic E-state index is 12.0. The third kappa shape index (κ3) is 4.23. The number of para-hydroxylation sites is 1. The summed E-state index contributed by atoms with van der Waals surface area (Å²) < 4.78 is 5.52. The molecule has 3 aromatic rings. The lowest BCUT2D eigenvalue weighted by Crippen LogP contribution is -2.15. The molecule has 5 heteroatoms. The molecule has 122 valence electrons. The molecule has 3 rings (SSSR count). The van der Waals surface area contributed by atoms with Crippen molar-refractivity contribution in [2.45, 2.75) is 13.3 Å². The maximum Gasteiger partial charge on any atom is 0.227 e. The number of nitrogens with one attached hydrogen (secondary N) is 2. The molecule has 1 heterocycles. The van der Waals surface area contributed by atoms with E-state index >= 15 is 0 Å². The first kappa shape index (κ1) is 15.8. The second-order valence-corrected chi connectivity index (χ2v) is 5.42. The van der Waals surface area contributed by atoms with Crippen molar-refractivity contribution in [3.8, 4) is 17.0 Å². The number of ether oxygens (including phenoxy) is 1. The summed E-state index contributed by atoms with van der Waals surface area (Å²) in [6.45, 7) is 2.26. The Morgan fingerprint density at radius 1 is 1.12 bits per heavy atom. The topological polar surface area (TPSA) is 67.0 Å². The van der Waals surface area contributed by atoms with Gasteiger partial charge in [-0.2, -0.15) is 0 Å². The number of aryl methyl sites for hydroxylation is 1. The molecule has 0 aliphatic carbocycles. The van der Waals surface area contributed by atoms with Crippen molar-refractivity contribution in [2.75, 3.05) is 11.9 Å². The van der Waals surface area contributed by atoms with Gasteiger partial charge in [0.1, 0.15) is 11.6 Å². The van der Waals surface area contributed by atoms with Crippen molar-refractivity contribution in [3.63, 3.8) is 0 Å². The lowest BCUT2D eigenvalue weighted by atomic mass is 10.1. The second-order valence-electron chi connectivity index (χ2n) is 5.42. The average Bonchev–Trinajstić information content (AvgIpc) is 3.03. The van der Waals surface area contributed by atoms with Crippen LogP contribution >= 0.6 is 0 Å². The number of H-pyrrole nitrogens is 1. The summed E-state index contributed by atoms with van der Waals surface area (Å²) in [5.74, 6) is 1.57. The van der Waals surface area contributed by atoms with Gasteiger partial charge in [0, 0.05) is 5.69 Å². The van der Waals surface area contributed by atoms with Crippen LogP contribution in [-0.2, 0) is 4.79 Å². The fourth-order valence-electron chi connectivity index (χ4n) is 2.30. The number of nitrogens with zero attached hydrogens (tertiary/aromatic N) is 1. The average molecular weight is 321 g/mol. The van der Waals surface area contributed by atoms with Crippen LogP contribution in [0.25, 0.3) is 11.3 Å². The largest absolute Gasteiger partial charge is 0.493 e. The van der Waals surface area contributed by atoms with Crippen LogP contribution in [0.4, 0.5) is 5.69 Å². The highest BCUT2D eigenvalue weighted by atomic mass is 16.5. The van der Waals surface area contributed by atoms with E-state index in [0.29, 0.717) is 13.0 Å². The van der Waals surface area contributed by atoms with Crippen LogP contribution in [0.3, 0.4) is 0 Å². The van der Waals surface area contributed by atoms with Crippen molar-refractivity contribution in [1.82, 2.24) is 9.97 Å². The van der Waals surface area contributed by atoms with E-state index in [9.17, 15) is 4.79 Å². The Bertz CT molecular complexity index is 795. The Morgan fingerprint density at radius 3 is 2.54 bits per heavy atom. The summed E-state index contributed by atoms with van der Waals surface area (Å²) >= 11 is 0. The number of hydrogen-bond donors (Lipinski definition) is 2. The molecular formula is C19H19N3O2. The van der Waals surface area contributed by atoms with Gasteiger partial charge in [0.25, 0.3) is 0 Å². The number of amides is 1. The normalized spacial score (nSPS) is 10.4. The van der Waals surface area contributed by atoms with Gasteiger partial charge in [-0.05, 0) is 36.8 Å². The van der Waals surface area contributed by atoms with E-state index in [2.05, 4.69) is 15.3 Å². The number of anilines is 1. The zero-order valence-electron chi connectivity index (χ0n) is 13.5. The Kier molecular flexibility index (Phi) is 4.91. The smallest absolute Gasteiger partial charge is 0.227 e. The zero-order valence-corrected chi connectivity index (χ0v) is 13.5. The summed E-state index contributed by atoms with van der Waals surface area (Å²) in [6.07, 6.45) is 2.10. The summed E-state index contributed by atoms with van der Waals surface area (Å²) in [5.41, 5.74) is 2.75. The molecule has 0 unspecified atom stereocenters. The first-order valence-corrected chi connectivity index (χ1v) is 7.80. The third-order valence-electron chi connectivity index (χ3n) is 3.52. The van der Waals surface area contributed by atoms with Gasteiger partial charge in [-0.15, -0.1) is 0 Å². The molecule has 0 atom stereocenters. The standard InChI is InChI=1S/C19H19N3O2/c1-14-20-13-18(21-14)15-7-9-16(10-8-15)22-19(23)11-12-24-17-5-3-2-4-6-17/h2-10,13H,11-12H2,1H3,(H,20,21)(H,22,23). The van der Waals surface area contributed by atoms with E-state index in [0.717, 1.165) is 28.5 Å². The number of carbonyl (C=O) groups is 1. The molecule has 0 aliphatic heterocycles. The molecule has 24 heavy (non-hydrogen) atoms. The summed E-state index contributed by atoms with van der Waals surface area (Å²) in [4.78, 5) is 19.3. The number of imidazole rings is 1. The van der Waals surface area contributed by atoms with Crippen LogP contribution in [-0.4, -0.2) is 22.5 Å². The van der Waals surface area contributed by atoms with Crippen LogP contribution in [0.2, 0.25) is 0 Å². The third-order valence-corrected chi connectivity index (χ3v) is 3.52. The van der Waals surface area contributed by atoms with E-state index in [1.54, 1.807) is 6.20 Å². The van der Waals surface area contributed by atoms with E-state index < -0.39 is 0 Å². The van der Waals surface area contributed by atoms with Gasteiger partial charge in [0.15, 0.2) is 0 Å². The SMILES string of the molecule is Cc1ncc(-c2ccc(NC(=O)CCOc3ccccc3)cc2)[nH]1. The van der Waals surface area contributed by atoms with Gasteiger partial charge in [0.2, 0.25) is 5.91 Å². The molecular weight excluding hydrogens is 302 g/mol. The Morgan fingerprint density at radius 2 is 1.88 bits per heavy atom. The molecule has 5 nitrogen and oxygen atoms in total. The lowest BCUT2D eigenvalue weighted by molar-refractivity contribution is -0.116. The highest BCUT2D eigenvalue weighted by Crippen LogP contribution is 2.19. The van der Waals surface area contributed by atoms with Crippen LogP contribution < -0.4 is 10.1 Å². The first-order chi connectivity index (χ1) is 11.7. The second kappa shape index (κ2) is 7.46. The fraction of sp³-hybridized carbons (Fsp3) is 0.158. The van der Waals surface area contributed by atoms with Crippen molar-refractivity contribution < 1.29 is 9.53 Å². The predicted octanol–water partition coefficient (Wildman–Crippen LogP) is 3.79. The van der Waals surface area contributed by atoms with Crippen molar-refractivity contribution in [1.29, 1.82) is 0 Å². The van der Waals surface area contributed by atoms with Crippen LogP contribution in [0, 0.1) is 6.92 Å². The van der Waals surface area contributed by atoms with Crippen LogP contribution in [0.5, 0.6) is 5.75 Å². The molecule has 0 saturated heterocycles. The van der Waals surface area contributed by atoms with E-state index in [1.807, 2.05) is 61.5 Å². The van der Waals surface area contributed by atoms with E-state index in [-0.39, 0.29) is 5.91 Å². The maximum atomic E-state index is 12.0. The van der Waals surface area contributed by atoms with Gasteiger partial charge >= 0.3 is 0 Å². The fourth-order valence-corrected chi connectivity index (χ4v) is 2.30. The molecule has 0 aliphatic rings. The Balaban J connectivity index is 1.49. The zero-order chi connectivity index (χ0) is 16.8. The molecule has 0 radical (unpaired) electrons. The molecule has 0 spiro atoms. The number of benzene rings is 2. The van der Waals surface area contributed by atoms with Gasteiger partial charge < -0.3 is 15.0 Å². The monoisotopic (exact) mass is 321 g/mol. The number of aromatic amines is 1. The van der Waals surface area contributed by atoms with Gasteiger partial charge in [-0.3, -0.25) is 4.79 Å². The lowest BCUT2D eigenvalue weighted by Gasteiger charge is -2.08. The van der Waals surface area contributed by atoms with Crippen LogP contribution in [0.1, 0.15) is 12.2 Å². The first-order valence-electron chi connectivity index (χ1n) is 7.80. The molecule has 0 fully saturated rings. The van der Waals surface area contributed by atoms with Crippen molar-refractivity contribution >= 4 is 11.6 Å². The summed E-state index contributed by atoms with van der Waals surface area (Å²) in [5, 5.41) is 2.87. The predicted molar refractivity (Wildman–Crippen MR) is 93.9 cm³/mol. The number of hydrogen-bond acceptors (Lipinski definition) is 3. The van der Waals surface area contributed by atoms with Gasteiger partial charge in [-0.1, -0.05) is 30.3 Å². The number of carbonyl (C=O) groups excluding carboxylic acids is 1. The van der Waals surface area contributed by atoms with Gasteiger partial charge in [-0.25, -0.2) is 4.98 Å². The van der Waals surface area contributed by atoms with Crippen LogP contribution in [0.15, 0.2) is 60.8 Å².